The number of aryl methyl sites for hydroxylation is 1. The summed E-state index contributed by atoms with van der Waals surface area (Å²) in [6.45, 7) is 2.60. The minimum absolute atomic E-state index is 0.0859. The zero-order valence-corrected chi connectivity index (χ0v) is 13.1. The lowest BCUT2D eigenvalue weighted by Gasteiger charge is -2.07. The summed E-state index contributed by atoms with van der Waals surface area (Å²) in [4.78, 5) is 21.1. The number of aromatic nitrogens is 5. The lowest BCUT2D eigenvalue weighted by molar-refractivity contribution is 0.366. The van der Waals surface area contributed by atoms with Gasteiger partial charge in [-0.2, -0.15) is 4.98 Å². The van der Waals surface area contributed by atoms with Gasteiger partial charge in [0.1, 0.15) is 12.1 Å². The van der Waals surface area contributed by atoms with E-state index in [2.05, 4.69) is 15.1 Å². The fourth-order valence-electron chi connectivity index (χ4n) is 2.74. The highest BCUT2D eigenvalue weighted by molar-refractivity contribution is 5.79. The highest BCUT2D eigenvalue weighted by Crippen LogP contribution is 2.14. The molecule has 4 heterocycles. The molecule has 0 unspecified atom stereocenters. The molecule has 24 heavy (non-hydrogen) atoms. The van der Waals surface area contributed by atoms with E-state index in [9.17, 15) is 4.79 Å². The quantitative estimate of drug-likeness (QED) is 0.574. The molecule has 0 N–H and O–H groups in total. The zero-order chi connectivity index (χ0) is 16.5. The molecule has 0 aliphatic rings. The predicted molar refractivity (Wildman–Crippen MR) is 87.7 cm³/mol. The molecule has 7 nitrogen and oxygen atoms in total. The lowest BCUT2D eigenvalue weighted by atomic mass is 10.3. The van der Waals surface area contributed by atoms with Crippen molar-refractivity contribution < 1.29 is 4.52 Å². The van der Waals surface area contributed by atoms with Crippen LogP contribution in [0.15, 0.2) is 58.4 Å². The Morgan fingerprint density at radius 2 is 1.96 bits per heavy atom. The standard InChI is InChI=1S/C17H15N5O2/c1-12-19-15(24-20-12)11-22-8-5-14-4-7-21(16(14)17(22)23)10-13-3-2-6-18-9-13/h2-9H,10-11H2,1H3. The van der Waals surface area contributed by atoms with Crippen LogP contribution >= 0.6 is 0 Å². The Hall–Kier alpha value is -3.22. The van der Waals surface area contributed by atoms with E-state index in [0.29, 0.717) is 23.8 Å². The van der Waals surface area contributed by atoms with Crippen LogP contribution in [0.25, 0.3) is 10.9 Å². The maximum atomic E-state index is 12.8. The summed E-state index contributed by atoms with van der Waals surface area (Å²) in [5.41, 5.74) is 1.60. The van der Waals surface area contributed by atoms with E-state index in [4.69, 9.17) is 4.52 Å². The third-order valence-corrected chi connectivity index (χ3v) is 3.84. The molecule has 4 aromatic heterocycles. The Balaban J connectivity index is 1.74. The predicted octanol–water partition coefficient (Wildman–Crippen LogP) is 1.99. The first-order chi connectivity index (χ1) is 11.7. The van der Waals surface area contributed by atoms with Crippen LogP contribution in [-0.2, 0) is 13.1 Å². The highest BCUT2D eigenvalue weighted by Gasteiger charge is 2.11. The summed E-state index contributed by atoms with van der Waals surface area (Å²) in [5, 5.41) is 4.66. The lowest BCUT2D eigenvalue weighted by Crippen LogP contribution is -2.22. The van der Waals surface area contributed by atoms with Crippen molar-refractivity contribution in [1.29, 1.82) is 0 Å². The second-order valence-electron chi connectivity index (χ2n) is 5.59. The van der Waals surface area contributed by atoms with E-state index in [1.807, 2.05) is 35.0 Å². The van der Waals surface area contributed by atoms with Gasteiger partial charge in [-0.3, -0.25) is 9.78 Å². The van der Waals surface area contributed by atoms with E-state index in [0.717, 1.165) is 10.9 Å². The molecule has 0 atom stereocenters. The molecule has 0 spiro atoms. The smallest absolute Gasteiger partial charge is 0.275 e. The van der Waals surface area contributed by atoms with Crippen LogP contribution < -0.4 is 5.56 Å². The molecule has 0 amide bonds. The van der Waals surface area contributed by atoms with E-state index in [-0.39, 0.29) is 12.1 Å². The molecule has 4 aromatic rings. The Kier molecular flexibility index (Phi) is 3.45. The number of hydrogen-bond acceptors (Lipinski definition) is 5. The molecule has 0 saturated heterocycles. The van der Waals surface area contributed by atoms with Crippen LogP contribution in [0.4, 0.5) is 0 Å². The molecule has 0 saturated carbocycles. The second kappa shape index (κ2) is 5.77. The van der Waals surface area contributed by atoms with Gasteiger partial charge in [0.2, 0.25) is 5.89 Å². The number of hydrogen-bond donors (Lipinski definition) is 0. The molecule has 0 aromatic carbocycles. The van der Waals surface area contributed by atoms with Crippen molar-refractivity contribution >= 4 is 10.9 Å². The topological polar surface area (TPSA) is 78.7 Å². The van der Waals surface area contributed by atoms with Crippen LogP contribution in [0.1, 0.15) is 17.3 Å². The molecule has 4 rings (SSSR count). The molecular weight excluding hydrogens is 306 g/mol. The monoisotopic (exact) mass is 321 g/mol. The molecule has 0 radical (unpaired) electrons. The molecular formula is C17H15N5O2. The van der Waals surface area contributed by atoms with Crippen LogP contribution in [-0.4, -0.2) is 24.3 Å². The van der Waals surface area contributed by atoms with Gasteiger partial charge in [0.15, 0.2) is 5.82 Å². The van der Waals surface area contributed by atoms with Crippen molar-refractivity contribution in [1.82, 2.24) is 24.3 Å². The van der Waals surface area contributed by atoms with Crippen LogP contribution in [0, 0.1) is 6.92 Å². The average molecular weight is 321 g/mol. The summed E-state index contributed by atoms with van der Waals surface area (Å²) in [5.74, 6) is 0.971. The summed E-state index contributed by atoms with van der Waals surface area (Å²) < 4.78 is 8.62. The third-order valence-electron chi connectivity index (χ3n) is 3.84. The maximum absolute atomic E-state index is 12.8. The molecule has 0 aliphatic heterocycles. The van der Waals surface area contributed by atoms with Crippen molar-refractivity contribution in [3.05, 3.63) is 76.7 Å². The third kappa shape index (κ3) is 2.60. The number of rotatable bonds is 4. The van der Waals surface area contributed by atoms with Gasteiger partial charge in [-0.25, -0.2) is 0 Å². The van der Waals surface area contributed by atoms with Crippen molar-refractivity contribution in [2.75, 3.05) is 0 Å². The van der Waals surface area contributed by atoms with Gasteiger partial charge in [0.25, 0.3) is 5.56 Å². The Morgan fingerprint density at radius 3 is 2.67 bits per heavy atom. The first kappa shape index (κ1) is 14.4. The van der Waals surface area contributed by atoms with E-state index in [1.54, 1.807) is 30.1 Å². The Bertz CT molecular complexity index is 1050. The largest absolute Gasteiger partial charge is 0.339 e. The molecule has 120 valence electrons. The Labute approximate surface area is 137 Å². The van der Waals surface area contributed by atoms with Gasteiger partial charge in [-0.05, 0) is 30.7 Å². The highest BCUT2D eigenvalue weighted by atomic mass is 16.5. The van der Waals surface area contributed by atoms with Gasteiger partial charge in [-0.1, -0.05) is 11.2 Å². The minimum atomic E-state index is -0.0859. The Morgan fingerprint density at radius 1 is 1.12 bits per heavy atom. The van der Waals surface area contributed by atoms with Crippen molar-refractivity contribution in [3.8, 4) is 0 Å². The summed E-state index contributed by atoms with van der Waals surface area (Å²) in [6.07, 6.45) is 7.20. The molecule has 7 heteroatoms. The van der Waals surface area contributed by atoms with Crippen molar-refractivity contribution in [2.24, 2.45) is 0 Å². The summed E-state index contributed by atoms with van der Waals surface area (Å²) >= 11 is 0. The van der Waals surface area contributed by atoms with E-state index < -0.39 is 0 Å². The van der Waals surface area contributed by atoms with Gasteiger partial charge < -0.3 is 13.7 Å². The van der Waals surface area contributed by atoms with Crippen LogP contribution in [0.5, 0.6) is 0 Å². The number of fused-ring (bicyclic) bond motifs is 1. The van der Waals surface area contributed by atoms with Crippen molar-refractivity contribution in [2.45, 2.75) is 20.0 Å². The summed E-state index contributed by atoms with van der Waals surface area (Å²) in [6, 6.07) is 7.73. The molecule has 0 fully saturated rings. The zero-order valence-electron chi connectivity index (χ0n) is 13.1. The summed E-state index contributed by atoms with van der Waals surface area (Å²) in [7, 11) is 0. The fraction of sp³-hybridized carbons (Fsp3) is 0.176. The van der Waals surface area contributed by atoms with Crippen LogP contribution in [0.3, 0.4) is 0 Å². The van der Waals surface area contributed by atoms with E-state index >= 15 is 0 Å². The van der Waals surface area contributed by atoms with Gasteiger partial charge in [-0.15, -0.1) is 0 Å². The number of nitrogens with zero attached hydrogens (tertiary/aromatic N) is 5. The SMILES string of the molecule is Cc1noc(Cn2ccc3ccn(Cc4cccnc4)c3c2=O)n1. The normalized spacial score (nSPS) is 11.2. The second-order valence-corrected chi connectivity index (χ2v) is 5.59. The maximum Gasteiger partial charge on any atom is 0.275 e. The molecule has 0 bridgehead atoms. The number of pyridine rings is 2. The van der Waals surface area contributed by atoms with Gasteiger partial charge in [0.05, 0.1) is 0 Å². The first-order valence-corrected chi connectivity index (χ1v) is 7.57. The average Bonchev–Trinajstić information content (AvgIpc) is 3.18. The first-order valence-electron chi connectivity index (χ1n) is 7.57. The van der Waals surface area contributed by atoms with E-state index in [1.165, 1.54) is 0 Å². The molecule has 0 aliphatic carbocycles. The van der Waals surface area contributed by atoms with Crippen LogP contribution in [0.2, 0.25) is 0 Å². The van der Waals surface area contributed by atoms with Crippen molar-refractivity contribution in [3.63, 3.8) is 0 Å². The minimum Gasteiger partial charge on any atom is -0.339 e. The van der Waals surface area contributed by atoms with Gasteiger partial charge in [0, 0.05) is 36.7 Å². The fourth-order valence-corrected chi connectivity index (χ4v) is 2.74. The van der Waals surface area contributed by atoms with Gasteiger partial charge >= 0.3 is 0 Å².